The van der Waals surface area contributed by atoms with Gasteiger partial charge in [0.05, 0.1) is 5.69 Å². The van der Waals surface area contributed by atoms with E-state index >= 15 is 0 Å². The van der Waals surface area contributed by atoms with Gasteiger partial charge in [0.1, 0.15) is 6.29 Å². The predicted molar refractivity (Wildman–Crippen MR) is 53.6 cm³/mol. The fraction of sp³-hybridized carbons (Fsp3) is 0.182. The molecule has 1 aliphatic rings. The number of imide groups is 1. The Morgan fingerprint density at radius 2 is 1.53 bits per heavy atom. The Morgan fingerprint density at radius 1 is 1.00 bits per heavy atom. The number of carbonyl (C=O) groups is 3. The first-order chi connectivity index (χ1) is 7.22. The van der Waals surface area contributed by atoms with Crippen molar-refractivity contribution in [2.75, 3.05) is 4.90 Å². The Morgan fingerprint density at radius 3 is 2.00 bits per heavy atom. The number of benzene rings is 1. The highest BCUT2D eigenvalue weighted by Gasteiger charge is 2.29. The van der Waals surface area contributed by atoms with E-state index in [0.29, 0.717) is 11.3 Å². The van der Waals surface area contributed by atoms with Gasteiger partial charge in [0.25, 0.3) is 0 Å². The van der Waals surface area contributed by atoms with E-state index in [-0.39, 0.29) is 24.7 Å². The van der Waals surface area contributed by atoms with Crippen LogP contribution in [0.15, 0.2) is 24.3 Å². The maximum Gasteiger partial charge on any atom is 0.234 e. The summed E-state index contributed by atoms with van der Waals surface area (Å²) in [6, 6.07) is 6.37. The Hall–Kier alpha value is -1.97. The summed E-state index contributed by atoms with van der Waals surface area (Å²) in [5.74, 6) is -0.363. The molecule has 4 nitrogen and oxygen atoms in total. The van der Waals surface area contributed by atoms with Crippen LogP contribution in [0.2, 0.25) is 0 Å². The molecule has 2 rings (SSSR count). The van der Waals surface area contributed by atoms with Crippen LogP contribution in [-0.2, 0) is 9.59 Å². The van der Waals surface area contributed by atoms with Gasteiger partial charge in [-0.15, -0.1) is 0 Å². The molecule has 1 fully saturated rings. The van der Waals surface area contributed by atoms with Gasteiger partial charge in [-0.05, 0) is 24.3 Å². The zero-order chi connectivity index (χ0) is 10.8. The molecule has 1 saturated heterocycles. The molecule has 0 spiro atoms. The topological polar surface area (TPSA) is 54.5 Å². The normalized spacial score (nSPS) is 15.9. The predicted octanol–water partition coefficient (Wildman–Crippen LogP) is 1.15. The number of nitrogens with zero attached hydrogens (tertiary/aromatic N) is 1. The minimum absolute atomic E-state index is 0.182. The molecule has 0 atom stereocenters. The van der Waals surface area contributed by atoms with E-state index in [0.717, 1.165) is 11.2 Å². The van der Waals surface area contributed by atoms with Gasteiger partial charge in [-0.3, -0.25) is 19.3 Å². The lowest BCUT2D eigenvalue weighted by atomic mass is 10.2. The molecule has 76 valence electrons. The van der Waals surface area contributed by atoms with Crippen LogP contribution in [0.4, 0.5) is 5.69 Å². The van der Waals surface area contributed by atoms with Gasteiger partial charge in [-0.2, -0.15) is 0 Å². The van der Waals surface area contributed by atoms with Crippen molar-refractivity contribution in [3.63, 3.8) is 0 Å². The lowest BCUT2D eigenvalue weighted by Gasteiger charge is -2.13. The lowest BCUT2D eigenvalue weighted by Crippen LogP contribution is -2.28. The number of anilines is 1. The molecule has 1 aromatic rings. The van der Waals surface area contributed by atoms with Gasteiger partial charge in [0.15, 0.2) is 0 Å². The number of hydrogen-bond acceptors (Lipinski definition) is 3. The van der Waals surface area contributed by atoms with Crippen LogP contribution in [0.5, 0.6) is 0 Å². The van der Waals surface area contributed by atoms with Crippen LogP contribution in [0.1, 0.15) is 23.2 Å². The average molecular weight is 203 g/mol. The molecule has 0 N–H and O–H groups in total. The molecule has 0 saturated carbocycles. The molecule has 15 heavy (non-hydrogen) atoms. The first kappa shape index (κ1) is 9.58. The molecular weight excluding hydrogens is 194 g/mol. The second-order valence-electron chi connectivity index (χ2n) is 3.33. The second-order valence-corrected chi connectivity index (χ2v) is 3.33. The summed E-state index contributed by atoms with van der Waals surface area (Å²) in [5, 5.41) is 0. The smallest absolute Gasteiger partial charge is 0.234 e. The monoisotopic (exact) mass is 203 g/mol. The van der Waals surface area contributed by atoms with Crippen LogP contribution in [0.25, 0.3) is 0 Å². The summed E-state index contributed by atoms with van der Waals surface area (Å²) >= 11 is 0. The van der Waals surface area contributed by atoms with Crippen LogP contribution >= 0.6 is 0 Å². The summed E-state index contributed by atoms with van der Waals surface area (Å²) in [5.41, 5.74) is 1.06. The van der Waals surface area contributed by atoms with Crippen molar-refractivity contribution in [2.24, 2.45) is 0 Å². The molecule has 0 unspecified atom stereocenters. The molecule has 0 radical (unpaired) electrons. The van der Waals surface area contributed by atoms with Crippen LogP contribution < -0.4 is 4.90 Å². The first-order valence-electron chi connectivity index (χ1n) is 4.63. The van der Waals surface area contributed by atoms with Crippen molar-refractivity contribution in [1.82, 2.24) is 0 Å². The molecule has 0 bridgehead atoms. The van der Waals surface area contributed by atoms with E-state index in [1.165, 1.54) is 0 Å². The van der Waals surface area contributed by atoms with E-state index in [1.54, 1.807) is 24.3 Å². The van der Waals surface area contributed by atoms with Crippen molar-refractivity contribution in [3.05, 3.63) is 29.8 Å². The van der Waals surface area contributed by atoms with Crippen molar-refractivity contribution in [2.45, 2.75) is 12.8 Å². The Labute approximate surface area is 86.5 Å². The summed E-state index contributed by atoms with van der Waals surface area (Å²) in [7, 11) is 0. The summed E-state index contributed by atoms with van der Waals surface area (Å²) in [6.07, 6.45) is 1.26. The third-order valence-corrected chi connectivity index (χ3v) is 2.34. The van der Waals surface area contributed by atoms with Gasteiger partial charge >= 0.3 is 0 Å². The largest absolute Gasteiger partial charge is 0.298 e. The van der Waals surface area contributed by atoms with Crippen LogP contribution in [0, 0.1) is 0 Å². The van der Waals surface area contributed by atoms with Crippen molar-refractivity contribution in [3.8, 4) is 0 Å². The zero-order valence-electron chi connectivity index (χ0n) is 7.97. The standard InChI is InChI=1S/C11H9NO3/c13-7-8-1-3-9(4-2-8)12-10(14)5-6-11(12)15/h1-4,7H,5-6H2. The minimum atomic E-state index is -0.182. The minimum Gasteiger partial charge on any atom is -0.298 e. The summed E-state index contributed by atoms with van der Waals surface area (Å²) < 4.78 is 0. The summed E-state index contributed by atoms with van der Waals surface area (Å²) in [4.78, 5) is 34.3. The third-order valence-electron chi connectivity index (χ3n) is 2.34. The van der Waals surface area contributed by atoms with E-state index in [9.17, 15) is 14.4 Å². The molecule has 0 aliphatic carbocycles. The SMILES string of the molecule is O=Cc1ccc(N2C(=O)CCC2=O)cc1. The van der Waals surface area contributed by atoms with Gasteiger partial charge in [0, 0.05) is 18.4 Å². The molecular formula is C11H9NO3. The van der Waals surface area contributed by atoms with Gasteiger partial charge < -0.3 is 0 Å². The quantitative estimate of drug-likeness (QED) is 0.535. The molecule has 4 heteroatoms. The first-order valence-corrected chi connectivity index (χ1v) is 4.63. The fourth-order valence-electron chi connectivity index (χ4n) is 1.57. The summed E-state index contributed by atoms with van der Waals surface area (Å²) in [6.45, 7) is 0. The van der Waals surface area contributed by atoms with Gasteiger partial charge in [0.2, 0.25) is 11.8 Å². The molecule has 1 aromatic carbocycles. The van der Waals surface area contributed by atoms with E-state index in [1.807, 2.05) is 0 Å². The number of amides is 2. The van der Waals surface area contributed by atoms with Crippen LogP contribution in [-0.4, -0.2) is 18.1 Å². The van der Waals surface area contributed by atoms with Crippen LogP contribution in [0.3, 0.4) is 0 Å². The second kappa shape index (κ2) is 3.65. The highest BCUT2D eigenvalue weighted by Crippen LogP contribution is 2.22. The third kappa shape index (κ3) is 1.66. The fourth-order valence-corrected chi connectivity index (χ4v) is 1.57. The molecule has 1 heterocycles. The molecule has 2 amide bonds. The number of aldehydes is 1. The number of rotatable bonds is 2. The Balaban J connectivity index is 2.32. The maximum atomic E-state index is 11.4. The van der Waals surface area contributed by atoms with Crippen molar-refractivity contribution in [1.29, 1.82) is 0 Å². The molecule has 0 aromatic heterocycles. The van der Waals surface area contributed by atoms with E-state index in [4.69, 9.17) is 0 Å². The average Bonchev–Trinajstić information content (AvgIpc) is 2.59. The van der Waals surface area contributed by atoms with E-state index in [2.05, 4.69) is 0 Å². The Bertz CT molecular complexity index is 406. The lowest BCUT2D eigenvalue weighted by molar-refractivity contribution is -0.121. The zero-order valence-corrected chi connectivity index (χ0v) is 7.97. The highest BCUT2D eigenvalue weighted by molar-refractivity contribution is 6.19. The number of hydrogen-bond donors (Lipinski definition) is 0. The van der Waals surface area contributed by atoms with Crippen molar-refractivity contribution >= 4 is 23.8 Å². The number of carbonyl (C=O) groups excluding carboxylic acids is 3. The maximum absolute atomic E-state index is 11.4. The Kier molecular flexibility index (Phi) is 2.33. The highest BCUT2D eigenvalue weighted by atomic mass is 16.2. The van der Waals surface area contributed by atoms with Gasteiger partial charge in [-0.25, -0.2) is 0 Å². The van der Waals surface area contributed by atoms with E-state index < -0.39 is 0 Å². The molecule has 1 aliphatic heterocycles. The van der Waals surface area contributed by atoms with Crippen molar-refractivity contribution < 1.29 is 14.4 Å². The van der Waals surface area contributed by atoms with Gasteiger partial charge in [-0.1, -0.05) is 0 Å².